The van der Waals surface area contributed by atoms with Gasteiger partial charge in [0, 0.05) is 43.2 Å². The predicted molar refractivity (Wildman–Crippen MR) is 160 cm³/mol. The molecule has 2 aliphatic rings. The number of hydrogen-bond acceptors (Lipinski definition) is 9. The van der Waals surface area contributed by atoms with Gasteiger partial charge in [-0.1, -0.05) is 37.3 Å². The van der Waals surface area contributed by atoms with Crippen LogP contribution in [0.4, 0.5) is 11.5 Å². The number of ether oxygens (including phenoxy) is 1. The average Bonchev–Trinajstić information content (AvgIpc) is 3.00. The molecule has 3 heterocycles. The Hall–Kier alpha value is -4.69. The van der Waals surface area contributed by atoms with Crippen molar-refractivity contribution >= 4 is 34.1 Å². The number of amides is 2. The molecule has 2 fully saturated rings. The summed E-state index contributed by atoms with van der Waals surface area (Å²) in [4.78, 5) is 41.0. The summed E-state index contributed by atoms with van der Waals surface area (Å²) >= 11 is 0. The zero-order valence-corrected chi connectivity index (χ0v) is 23.7. The molecule has 2 aromatic carbocycles. The Kier molecular flexibility index (Phi) is 8.83. The van der Waals surface area contributed by atoms with Crippen LogP contribution in [-0.2, 0) is 4.79 Å². The molecule has 1 unspecified atom stereocenters. The summed E-state index contributed by atoms with van der Waals surface area (Å²) < 4.78 is 6.09. The fraction of sp³-hybridized carbons (Fsp3) is 0.387. The molecular weight excluding hydrogens is 534 g/mol. The fourth-order valence-corrected chi connectivity index (χ4v) is 5.62. The highest BCUT2D eigenvalue weighted by Crippen LogP contribution is 2.30. The summed E-state index contributed by atoms with van der Waals surface area (Å²) in [5.41, 5.74) is 0.550. The molecule has 0 radical (unpaired) electrons. The van der Waals surface area contributed by atoms with Gasteiger partial charge in [0.2, 0.25) is 5.91 Å². The van der Waals surface area contributed by atoms with Gasteiger partial charge in [-0.3, -0.25) is 9.59 Å². The minimum Gasteiger partial charge on any atom is -0.508 e. The third-order valence-electron chi connectivity index (χ3n) is 7.94. The lowest BCUT2D eigenvalue weighted by molar-refractivity contribution is -0.128. The van der Waals surface area contributed by atoms with Crippen molar-refractivity contribution in [2.45, 2.75) is 37.8 Å². The number of piperidine rings is 1. The number of piperazine rings is 1. The first-order valence-corrected chi connectivity index (χ1v) is 14.2. The van der Waals surface area contributed by atoms with E-state index in [2.05, 4.69) is 39.9 Å². The van der Waals surface area contributed by atoms with Gasteiger partial charge in [-0.05, 0) is 44.0 Å². The predicted octanol–water partition coefficient (Wildman–Crippen LogP) is 3.57. The van der Waals surface area contributed by atoms with Crippen LogP contribution in [0.3, 0.4) is 0 Å². The number of carbonyl (C=O) groups is 2. The van der Waals surface area contributed by atoms with Crippen LogP contribution >= 0.6 is 0 Å². The number of nitrogens with one attached hydrogen (secondary N) is 1. The molecule has 0 saturated carbocycles. The maximum Gasteiger partial charge on any atom is 0.319 e. The molecule has 3 aromatic rings. The Balaban J connectivity index is 1.44. The van der Waals surface area contributed by atoms with E-state index in [0.717, 1.165) is 36.6 Å². The molecule has 0 spiro atoms. The van der Waals surface area contributed by atoms with Crippen LogP contribution in [0.25, 0.3) is 10.8 Å². The van der Waals surface area contributed by atoms with Crippen LogP contribution in [-0.4, -0.2) is 88.6 Å². The largest absolute Gasteiger partial charge is 0.508 e. The first kappa shape index (κ1) is 28.8. The molecular formula is C31H35N7O4. The number of nitriles is 1. The Morgan fingerprint density at radius 3 is 2.79 bits per heavy atom. The number of aromatic nitrogens is 2. The summed E-state index contributed by atoms with van der Waals surface area (Å²) in [7, 11) is 2.07. The van der Waals surface area contributed by atoms with E-state index in [0.29, 0.717) is 37.7 Å². The molecule has 218 valence electrons. The zero-order valence-electron chi connectivity index (χ0n) is 23.7. The second-order valence-corrected chi connectivity index (χ2v) is 10.7. The van der Waals surface area contributed by atoms with Crippen LogP contribution < -0.4 is 15.0 Å². The van der Waals surface area contributed by atoms with E-state index in [9.17, 15) is 20.0 Å². The number of anilines is 2. The molecule has 2 amide bonds. The van der Waals surface area contributed by atoms with Crippen LogP contribution in [0.2, 0.25) is 0 Å². The van der Waals surface area contributed by atoms with Crippen molar-refractivity contribution in [1.29, 1.82) is 5.26 Å². The van der Waals surface area contributed by atoms with E-state index in [-0.39, 0.29) is 41.9 Å². The topological polar surface area (TPSA) is 135 Å². The van der Waals surface area contributed by atoms with Crippen LogP contribution in [0.1, 0.15) is 36.2 Å². The molecule has 0 aliphatic carbocycles. The highest BCUT2D eigenvalue weighted by Gasteiger charge is 2.31. The number of fused-ring (bicyclic) bond motifs is 1. The van der Waals surface area contributed by atoms with E-state index in [1.165, 1.54) is 12.1 Å². The quantitative estimate of drug-likeness (QED) is 0.390. The van der Waals surface area contributed by atoms with Gasteiger partial charge in [0.25, 0.3) is 5.91 Å². The van der Waals surface area contributed by atoms with E-state index < -0.39 is 5.91 Å². The monoisotopic (exact) mass is 569 g/mol. The van der Waals surface area contributed by atoms with Crippen molar-refractivity contribution in [2.24, 2.45) is 0 Å². The summed E-state index contributed by atoms with van der Waals surface area (Å²) in [6.45, 7) is 6.14. The third kappa shape index (κ3) is 6.44. The molecule has 2 N–H and O–H groups in total. The third-order valence-corrected chi connectivity index (χ3v) is 7.94. The Labute approximate surface area is 245 Å². The summed E-state index contributed by atoms with van der Waals surface area (Å²) in [6, 6.07) is 14.3. The van der Waals surface area contributed by atoms with Crippen molar-refractivity contribution in [3.63, 3.8) is 0 Å². The Morgan fingerprint density at radius 2 is 2.00 bits per heavy atom. The molecule has 11 nitrogen and oxygen atoms in total. The number of aromatic hydroxyl groups is 1. The Bertz CT molecular complexity index is 1520. The van der Waals surface area contributed by atoms with E-state index >= 15 is 0 Å². The fourth-order valence-electron chi connectivity index (χ4n) is 5.62. The molecule has 1 aromatic heterocycles. The lowest BCUT2D eigenvalue weighted by atomic mass is 10.0. The van der Waals surface area contributed by atoms with Gasteiger partial charge >= 0.3 is 6.01 Å². The van der Waals surface area contributed by atoms with Crippen molar-refractivity contribution in [2.75, 3.05) is 50.1 Å². The van der Waals surface area contributed by atoms with Gasteiger partial charge in [-0.15, -0.1) is 0 Å². The van der Waals surface area contributed by atoms with E-state index in [1.54, 1.807) is 17.0 Å². The summed E-state index contributed by atoms with van der Waals surface area (Å²) in [6.07, 6.45) is 4.68. The molecule has 0 bridgehead atoms. The second kappa shape index (κ2) is 12.9. The standard InChI is InChI=1S/C31H35N7O4/c1-3-29(40)38-15-14-37(19-22(38)11-12-32)28-18-27(34-31(35-28)42-20-23-9-6-7-13-36(23)2)30(41)33-26-17-24(39)16-21-8-4-5-10-25(21)26/h3-5,8,10,16-18,22-23,39H,1,6-7,9,11,13-15,19-20H2,2H3,(H,33,41)/t22-,23?/m0/s1. The van der Waals surface area contributed by atoms with Gasteiger partial charge in [0.05, 0.1) is 24.2 Å². The molecule has 5 rings (SSSR count). The first-order valence-electron chi connectivity index (χ1n) is 14.2. The van der Waals surface area contributed by atoms with E-state index in [1.807, 2.05) is 29.2 Å². The number of likely N-dealkylation sites (N-methyl/N-ethyl adjacent to an activating group) is 1. The van der Waals surface area contributed by atoms with Gasteiger partial charge in [0.15, 0.2) is 0 Å². The second-order valence-electron chi connectivity index (χ2n) is 10.7. The average molecular weight is 570 g/mol. The highest BCUT2D eigenvalue weighted by atomic mass is 16.5. The maximum absolute atomic E-state index is 13.6. The highest BCUT2D eigenvalue weighted by molar-refractivity contribution is 6.09. The zero-order chi connectivity index (χ0) is 29.6. The summed E-state index contributed by atoms with van der Waals surface area (Å²) in [5, 5.41) is 24.1. The lowest BCUT2D eigenvalue weighted by Crippen LogP contribution is -2.55. The van der Waals surface area contributed by atoms with Gasteiger partial charge in [-0.2, -0.15) is 15.2 Å². The van der Waals surface area contributed by atoms with Crippen molar-refractivity contribution < 1.29 is 19.4 Å². The first-order chi connectivity index (χ1) is 20.4. The number of likely N-dealkylation sites (tertiary alicyclic amines) is 1. The van der Waals surface area contributed by atoms with Crippen molar-refractivity contribution in [3.8, 4) is 17.8 Å². The number of hydrogen-bond donors (Lipinski definition) is 2. The Morgan fingerprint density at radius 1 is 1.17 bits per heavy atom. The minimum atomic E-state index is -0.483. The SMILES string of the molecule is C=CC(=O)N1CCN(c2cc(C(=O)Nc3cc(O)cc4ccccc34)nc(OCC3CCCCN3C)n2)C[C@@H]1CC#N. The van der Waals surface area contributed by atoms with Crippen LogP contribution in [0, 0.1) is 11.3 Å². The molecule has 2 atom stereocenters. The number of phenolic OH excluding ortho intramolecular Hbond substituents is 1. The molecule has 2 saturated heterocycles. The van der Waals surface area contributed by atoms with Gasteiger partial charge < -0.3 is 29.9 Å². The van der Waals surface area contributed by atoms with Gasteiger partial charge in [-0.25, -0.2) is 0 Å². The number of nitrogens with zero attached hydrogens (tertiary/aromatic N) is 6. The smallest absolute Gasteiger partial charge is 0.319 e. The lowest BCUT2D eigenvalue weighted by Gasteiger charge is -2.40. The number of rotatable bonds is 8. The van der Waals surface area contributed by atoms with Gasteiger partial charge in [0.1, 0.15) is 23.9 Å². The van der Waals surface area contributed by atoms with Crippen LogP contribution in [0.5, 0.6) is 11.8 Å². The molecule has 11 heteroatoms. The van der Waals surface area contributed by atoms with Crippen molar-refractivity contribution in [1.82, 2.24) is 19.8 Å². The normalized spacial score (nSPS) is 19.2. The molecule has 42 heavy (non-hydrogen) atoms. The van der Waals surface area contributed by atoms with Crippen molar-refractivity contribution in [3.05, 3.63) is 60.8 Å². The number of carbonyl (C=O) groups excluding carboxylic acids is 2. The molecule has 2 aliphatic heterocycles. The number of benzene rings is 2. The van der Waals surface area contributed by atoms with Crippen LogP contribution in [0.15, 0.2) is 55.1 Å². The van der Waals surface area contributed by atoms with E-state index in [4.69, 9.17) is 4.74 Å². The maximum atomic E-state index is 13.6. The number of phenols is 1. The minimum absolute atomic E-state index is 0.0310. The summed E-state index contributed by atoms with van der Waals surface area (Å²) in [5.74, 6) is -0.209.